The highest BCUT2D eigenvalue weighted by Gasteiger charge is 2.31. The van der Waals surface area contributed by atoms with Gasteiger partial charge in [0.2, 0.25) is 5.91 Å². The Morgan fingerprint density at radius 1 is 1.14 bits per heavy atom. The van der Waals surface area contributed by atoms with Gasteiger partial charge in [-0.05, 0) is 57.2 Å². The number of thioether (sulfide) groups is 1. The lowest BCUT2D eigenvalue weighted by Gasteiger charge is -2.31. The Morgan fingerprint density at radius 2 is 1.89 bits per heavy atom. The maximum Gasteiger partial charge on any atom is 0.237 e. The van der Waals surface area contributed by atoms with Gasteiger partial charge < -0.3 is 14.8 Å². The van der Waals surface area contributed by atoms with Crippen molar-refractivity contribution in [2.75, 3.05) is 12.4 Å². The second-order valence-electron chi connectivity index (χ2n) is 9.07. The van der Waals surface area contributed by atoms with Gasteiger partial charge in [0.15, 0.2) is 10.8 Å². The zero-order chi connectivity index (χ0) is 24.6. The van der Waals surface area contributed by atoms with Crippen LogP contribution in [0, 0.1) is 0 Å². The summed E-state index contributed by atoms with van der Waals surface area (Å²) >= 11 is 1.35. The summed E-state index contributed by atoms with van der Waals surface area (Å²) in [5, 5.41) is 12.1. The molecule has 4 aromatic rings. The Hall–Kier alpha value is -3.43. The minimum atomic E-state index is -0.405. The van der Waals surface area contributed by atoms with E-state index < -0.39 is 5.25 Å². The number of ether oxygens (including phenoxy) is 2. The molecule has 0 spiro atoms. The summed E-state index contributed by atoms with van der Waals surface area (Å²) < 4.78 is 13.3. The number of aromatic nitrogens is 4. The van der Waals surface area contributed by atoms with Gasteiger partial charge in [0.05, 0.1) is 30.3 Å². The molecule has 2 aromatic carbocycles. The predicted molar refractivity (Wildman–Crippen MR) is 136 cm³/mol. The number of anilines is 1. The number of carbonyl (C=O) groups is 1. The molecule has 0 bridgehead atoms. The summed E-state index contributed by atoms with van der Waals surface area (Å²) in [6.07, 6.45) is 0.674. The van der Waals surface area contributed by atoms with E-state index in [2.05, 4.69) is 29.4 Å². The second-order valence-corrected chi connectivity index (χ2v) is 10.4. The van der Waals surface area contributed by atoms with Crippen molar-refractivity contribution in [1.29, 1.82) is 0 Å². The first-order valence-corrected chi connectivity index (χ1v) is 12.3. The van der Waals surface area contributed by atoms with E-state index in [9.17, 15) is 4.79 Å². The number of carbonyl (C=O) groups excluding carboxylic acids is 1. The molecule has 1 atom stereocenters. The van der Waals surface area contributed by atoms with Gasteiger partial charge in [-0.2, -0.15) is 0 Å². The number of nitrogens with zero attached hydrogens (tertiary/aromatic N) is 4. The summed E-state index contributed by atoms with van der Waals surface area (Å²) in [5.74, 6) is 1.38. The molecule has 1 aliphatic rings. The number of rotatable bonds is 6. The smallest absolute Gasteiger partial charge is 0.237 e. The Morgan fingerprint density at radius 3 is 2.60 bits per heavy atom. The van der Waals surface area contributed by atoms with Crippen molar-refractivity contribution >= 4 is 29.0 Å². The Balaban J connectivity index is 1.55. The molecule has 3 heterocycles. The zero-order valence-corrected chi connectivity index (χ0v) is 20.9. The third-order valence-electron chi connectivity index (χ3n) is 5.95. The van der Waals surface area contributed by atoms with Gasteiger partial charge in [0.1, 0.15) is 11.6 Å². The molecule has 0 radical (unpaired) electrons. The van der Waals surface area contributed by atoms with Gasteiger partial charge in [0, 0.05) is 23.2 Å². The van der Waals surface area contributed by atoms with Crippen LogP contribution in [0.2, 0.25) is 0 Å². The van der Waals surface area contributed by atoms with Crippen LogP contribution in [-0.2, 0) is 22.6 Å². The van der Waals surface area contributed by atoms with Crippen molar-refractivity contribution in [1.82, 2.24) is 19.6 Å². The second kappa shape index (κ2) is 9.31. The van der Waals surface area contributed by atoms with E-state index in [1.165, 1.54) is 11.8 Å². The standard InChI is InChI=1S/C26H27N5O3S/c1-16(24(32)27-18-8-6-5-7-9-18)35-25-30-29-23-20-15-34-26(2,3)14-21(20)28-22(31(23)25)17-10-12-19(33-4)13-11-17/h5-13,16H,14-15H2,1-4H3,(H,27,32)/t16-/m0/s1. The highest BCUT2D eigenvalue weighted by molar-refractivity contribution is 8.00. The highest BCUT2D eigenvalue weighted by atomic mass is 32.2. The fourth-order valence-corrected chi connectivity index (χ4v) is 4.88. The van der Waals surface area contributed by atoms with Gasteiger partial charge in [-0.25, -0.2) is 4.98 Å². The number of fused-ring (bicyclic) bond motifs is 3. The van der Waals surface area contributed by atoms with Crippen molar-refractivity contribution in [3.63, 3.8) is 0 Å². The van der Waals surface area contributed by atoms with E-state index in [1.807, 2.05) is 65.9 Å². The third kappa shape index (κ3) is 4.74. The molecular weight excluding hydrogens is 462 g/mol. The number of benzene rings is 2. The van der Waals surface area contributed by atoms with Crippen molar-refractivity contribution in [3.8, 4) is 17.1 Å². The largest absolute Gasteiger partial charge is 0.497 e. The molecule has 9 heteroatoms. The first-order chi connectivity index (χ1) is 16.8. The lowest BCUT2D eigenvalue weighted by Crippen LogP contribution is -2.33. The SMILES string of the molecule is COc1ccc(-c2nc3c(c4nnc(S[C@@H](C)C(=O)Nc5ccccc5)n24)COC(C)(C)C3)cc1. The predicted octanol–water partition coefficient (Wildman–Crippen LogP) is 4.77. The fourth-order valence-electron chi connectivity index (χ4n) is 4.03. The molecule has 180 valence electrons. The van der Waals surface area contributed by atoms with Crippen LogP contribution >= 0.6 is 11.8 Å². The molecular formula is C26H27N5O3S. The van der Waals surface area contributed by atoms with Gasteiger partial charge in [-0.3, -0.25) is 9.20 Å². The Labute approximate surface area is 208 Å². The number of nitrogens with one attached hydrogen (secondary N) is 1. The third-order valence-corrected chi connectivity index (χ3v) is 6.99. The molecule has 0 aliphatic carbocycles. The van der Waals surface area contributed by atoms with Gasteiger partial charge >= 0.3 is 0 Å². The minimum Gasteiger partial charge on any atom is -0.497 e. The molecule has 1 amide bonds. The van der Waals surface area contributed by atoms with Crippen LogP contribution in [0.4, 0.5) is 5.69 Å². The summed E-state index contributed by atoms with van der Waals surface area (Å²) in [6, 6.07) is 17.2. The van der Waals surface area contributed by atoms with E-state index in [1.54, 1.807) is 7.11 Å². The average molecular weight is 490 g/mol. The quantitative estimate of drug-likeness (QED) is 0.390. The zero-order valence-electron chi connectivity index (χ0n) is 20.1. The molecule has 0 fully saturated rings. The van der Waals surface area contributed by atoms with E-state index >= 15 is 0 Å². The van der Waals surface area contributed by atoms with Crippen LogP contribution in [0.1, 0.15) is 32.0 Å². The van der Waals surface area contributed by atoms with Crippen LogP contribution in [0.25, 0.3) is 17.0 Å². The van der Waals surface area contributed by atoms with E-state index in [0.717, 1.165) is 34.1 Å². The first-order valence-electron chi connectivity index (χ1n) is 11.4. The van der Waals surface area contributed by atoms with E-state index in [-0.39, 0.29) is 11.5 Å². The number of amides is 1. The van der Waals surface area contributed by atoms with Crippen LogP contribution < -0.4 is 10.1 Å². The molecule has 2 aromatic heterocycles. The Kier molecular flexibility index (Phi) is 6.21. The topological polar surface area (TPSA) is 90.6 Å². The minimum absolute atomic E-state index is 0.111. The fraction of sp³-hybridized carbons (Fsp3) is 0.308. The molecule has 1 N–H and O–H groups in total. The summed E-state index contributed by atoms with van der Waals surface area (Å²) in [7, 11) is 1.64. The van der Waals surface area contributed by atoms with Crippen LogP contribution in [-0.4, -0.2) is 43.5 Å². The summed E-state index contributed by atoms with van der Waals surface area (Å²) in [5.41, 5.74) is 3.95. The van der Waals surface area contributed by atoms with Crippen molar-refractivity contribution in [2.45, 2.75) is 49.8 Å². The molecule has 5 rings (SSSR count). The Bertz CT molecular complexity index is 1370. The van der Waals surface area contributed by atoms with Gasteiger partial charge in [0.25, 0.3) is 0 Å². The van der Waals surface area contributed by atoms with Crippen LogP contribution in [0.3, 0.4) is 0 Å². The highest BCUT2D eigenvalue weighted by Crippen LogP contribution is 2.35. The molecule has 0 saturated carbocycles. The summed E-state index contributed by atoms with van der Waals surface area (Å²) in [4.78, 5) is 17.9. The van der Waals surface area contributed by atoms with Crippen molar-refractivity contribution in [2.24, 2.45) is 0 Å². The van der Waals surface area contributed by atoms with Crippen LogP contribution in [0.5, 0.6) is 5.75 Å². The normalized spacial score (nSPS) is 15.4. The molecule has 8 nitrogen and oxygen atoms in total. The number of hydrogen-bond donors (Lipinski definition) is 1. The van der Waals surface area contributed by atoms with Crippen molar-refractivity contribution < 1.29 is 14.3 Å². The van der Waals surface area contributed by atoms with Gasteiger partial charge in [-0.1, -0.05) is 30.0 Å². The maximum atomic E-state index is 12.9. The van der Waals surface area contributed by atoms with Crippen LogP contribution in [0.15, 0.2) is 59.8 Å². The number of hydrogen-bond acceptors (Lipinski definition) is 7. The first kappa shape index (κ1) is 23.3. The van der Waals surface area contributed by atoms with E-state index in [4.69, 9.17) is 14.5 Å². The van der Waals surface area contributed by atoms with Gasteiger partial charge in [-0.15, -0.1) is 10.2 Å². The van der Waals surface area contributed by atoms with Crippen molar-refractivity contribution in [3.05, 3.63) is 65.9 Å². The molecule has 1 aliphatic heterocycles. The number of methoxy groups -OCH3 is 1. The molecule has 35 heavy (non-hydrogen) atoms. The molecule has 0 unspecified atom stereocenters. The monoisotopic (exact) mass is 489 g/mol. The summed E-state index contributed by atoms with van der Waals surface area (Å²) in [6.45, 7) is 6.39. The maximum absolute atomic E-state index is 12.9. The average Bonchev–Trinajstić information content (AvgIpc) is 3.27. The lowest BCUT2D eigenvalue weighted by atomic mass is 9.96. The molecule has 0 saturated heterocycles. The lowest BCUT2D eigenvalue weighted by molar-refractivity contribution is -0.115. The van der Waals surface area contributed by atoms with E-state index in [0.29, 0.717) is 23.8 Å². The number of para-hydroxylation sites is 1.